The average Bonchev–Trinajstić information content (AvgIpc) is 2.44. The van der Waals surface area contributed by atoms with Crippen LogP contribution in [0.2, 0.25) is 0 Å². The Kier molecular flexibility index (Phi) is 4.91. The molecule has 0 bridgehead atoms. The molecule has 0 aliphatic rings. The van der Waals surface area contributed by atoms with Gasteiger partial charge in [-0.15, -0.1) is 0 Å². The van der Waals surface area contributed by atoms with E-state index in [4.69, 9.17) is 0 Å². The molecule has 106 valence electrons. The van der Waals surface area contributed by atoms with E-state index in [0.717, 1.165) is 36.2 Å². The van der Waals surface area contributed by atoms with Crippen molar-refractivity contribution in [3.05, 3.63) is 58.9 Å². The van der Waals surface area contributed by atoms with Crippen molar-refractivity contribution in [2.24, 2.45) is 0 Å². The van der Waals surface area contributed by atoms with E-state index in [1.165, 1.54) is 5.56 Å². The third kappa shape index (κ3) is 3.45. The second-order valence-corrected chi connectivity index (χ2v) is 5.31. The molecule has 2 aromatic carbocycles. The van der Waals surface area contributed by atoms with Crippen molar-refractivity contribution in [3.63, 3.8) is 0 Å². The Morgan fingerprint density at radius 1 is 1.00 bits per heavy atom. The molecule has 0 aliphatic carbocycles. The van der Waals surface area contributed by atoms with Crippen LogP contribution in [0.1, 0.15) is 30.0 Å². The van der Waals surface area contributed by atoms with Crippen molar-refractivity contribution in [1.29, 1.82) is 0 Å². The lowest BCUT2D eigenvalue weighted by molar-refractivity contribution is 0.630. The Morgan fingerprint density at radius 3 is 2.55 bits per heavy atom. The van der Waals surface area contributed by atoms with Crippen molar-refractivity contribution < 1.29 is 4.39 Å². The molecule has 0 saturated carbocycles. The summed E-state index contributed by atoms with van der Waals surface area (Å²) in [4.78, 5) is 0. The van der Waals surface area contributed by atoms with Crippen molar-refractivity contribution >= 4 is 0 Å². The molecule has 0 atom stereocenters. The zero-order chi connectivity index (χ0) is 14.5. The van der Waals surface area contributed by atoms with Crippen molar-refractivity contribution in [2.75, 3.05) is 6.54 Å². The van der Waals surface area contributed by atoms with Gasteiger partial charge in [0, 0.05) is 12.1 Å². The SMILES string of the molecule is CCCNCc1ccc(C)c(-c2cc(C)ccc2F)c1. The summed E-state index contributed by atoms with van der Waals surface area (Å²) in [5.41, 5.74) is 5.06. The fourth-order valence-electron chi connectivity index (χ4n) is 2.32. The molecular weight excluding hydrogens is 249 g/mol. The topological polar surface area (TPSA) is 12.0 Å². The Labute approximate surface area is 120 Å². The number of halogens is 1. The van der Waals surface area contributed by atoms with Gasteiger partial charge in [0.15, 0.2) is 0 Å². The molecule has 0 fully saturated rings. The molecule has 0 radical (unpaired) electrons. The highest BCUT2D eigenvalue weighted by molar-refractivity contribution is 5.69. The first-order valence-corrected chi connectivity index (χ1v) is 7.18. The Hall–Kier alpha value is -1.67. The summed E-state index contributed by atoms with van der Waals surface area (Å²) in [6.45, 7) is 8.00. The first-order chi connectivity index (χ1) is 9.61. The fourth-order valence-corrected chi connectivity index (χ4v) is 2.32. The van der Waals surface area contributed by atoms with Crippen molar-refractivity contribution in [3.8, 4) is 11.1 Å². The zero-order valence-electron chi connectivity index (χ0n) is 12.5. The predicted octanol–water partition coefficient (Wildman–Crippen LogP) is 4.61. The molecule has 1 nitrogen and oxygen atoms in total. The minimum Gasteiger partial charge on any atom is -0.313 e. The largest absolute Gasteiger partial charge is 0.313 e. The van der Waals surface area contributed by atoms with Gasteiger partial charge in [-0.2, -0.15) is 0 Å². The summed E-state index contributed by atoms with van der Waals surface area (Å²) < 4.78 is 14.1. The predicted molar refractivity (Wildman–Crippen MR) is 83.3 cm³/mol. The molecule has 0 amide bonds. The second kappa shape index (κ2) is 6.67. The first-order valence-electron chi connectivity index (χ1n) is 7.18. The molecule has 2 rings (SSSR count). The fraction of sp³-hybridized carbons (Fsp3) is 0.333. The summed E-state index contributed by atoms with van der Waals surface area (Å²) in [7, 11) is 0. The van der Waals surface area contributed by atoms with E-state index in [2.05, 4.69) is 30.4 Å². The average molecular weight is 271 g/mol. The van der Waals surface area contributed by atoms with Crippen LogP contribution in [-0.2, 0) is 6.54 Å². The van der Waals surface area contributed by atoms with E-state index in [1.807, 2.05) is 19.9 Å². The number of aryl methyl sites for hydroxylation is 2. The van der Waals surface area contributed by atoms with Gasteiger partial charge in [-0.05, 0) is 61.7 Å². The van der Waals surface area contributed by atoms with E-state index in [9.17, 15) is 4.39 Å². The van der Waals surface area contributed by atoms with Gasteiger partial charge in [0.1, 0.15) is 5.82 Å². The first kappa shape index (κ1) is 14.7. The van der Waals surface area contributed by atoms with Crippen LogP contribution >= 0.6 is 0 Å². The van der Waals surface area contributed by atoms with Crippen molar-refractivity contribution in [2.45, 2.75) is 33.7 Å². The summed E-state index contributed by atoms with van der Waals surface area (Å²) in [5.74, 6) is -0.155. The van der Waals surface area contributed by atoms with Gasteiger partial charge in [0.25, 0.3) is 0 Å². The molecule has 20 heavy (non-hydrogen) atoms. The van der Waals surface area contributed by atoms with Gasteiger partial charge in [-0.1, -0.05) is 30.7 Å². The summed E-state index contributed by atoms with van der Waals surface area (Å²) in [6, 6.07) is 11.5. The zero-order valence-corrected chi connectivity index (χ0v) is 12.5. The van der Waals surface area contributed by atoms with Crippen LogP contribution in [0.3, 0.4) is 0 Å². The molecule has 2 aromatic rings. The number of benzene rings is 2. The summed E-state index contributed by atoms with van der Waals surface area (Å²) in [5, 5.41) is 3.38. The molecule has 0 unspecified atom stereocenters. The normalized spacial score (nSPS) is 10.8. The summed E-state index contributed by atoms with van der Waals surface area (Å²) >= 11 is 0. The molecule has 0 saturated heterocycles. The van der Waals surface area contributed by atoms with Gasteiger partial charge in [-0.25, -0.2) is 4.39 Å². The van der Waals surface area contributed by atoms with Crippen LogP contribution in [0.15, 0.2) is 36.4 Å². The second-order valence-electron chi connectivity index (χ2n) is 5.31. The Bertz CT molecular complexity index is 590. The van der Waals surface area contributed by atoms with Crippen LogP contribution in [0.5, 0.6) is 0 Å². The maximum absolute atomic E-state index is 14.1. The lowest BCUT2D eigenvalue weighted by Gasteiger charge is -2.11. The molecule has 2 heteroatoms. The van der Waals surface area contributed by atoms with Gasteiger partial charge >= 0.3 is 0 Å². The molecule has 1 N–H and O–H groups in total. The van der Waals surface area contributed by atoms with Gasteiger partial charge in [0.05, 0.1) is 0 Å². The van der Waals surface area contributed by atoms with Crippen LogP contribution < -0.4 is 5.32 Å². The van der Waals surface area contributed by atoms with Crippen LogP contribution in [0.25, 0.3) is 11.1 Å². The molecule has 0 heterocycles. The third-order valence-electron chi connectivity index (χ3n) is 3.47. The van der Waals surface area contributed by atoms with Gasteiger partial charge < -0.3 is 5.32 Å². The molecule has 0 aliphatic heterocycles. The van der Waals surface area contributed by atoms with E-state index in [1.54, 1.807) is 12.1 Å². The summed E-state index contributed by atoms with van der Waals surface area (Å²) in [6.07, 6.45) is 1.12. The van der Waals surface area contributed by atoms with Gasteiger partial charge in [0.2, 0.25) is 0 Å². The number of hydrogen-bond donors (Lipinski definition) is 1. The molecule has 0 spiro atoms. The van der Waals surface area contributed by atoms with Crippen LogP contribution in [0, 0.1) is 19.7 Å². The maximum Gasteiger partial charge on any atom is 0.131 e. The smallest absolute Gasteiger partial charge is 0.131 e. The quantitative estimate of drug-likeness (QED) is 0.783. The number of nitrogens with one attached hydrogen (secondary N) is 1. The van der Waals surface area contributed by atoms with E-state index < -0.39 is 0 Å². The Balaban J connectivity index is 2.35. The lowest BCUT2D eigenvalue weighted by Crippen LogP contribution is -2.13. The maximum atomic E-state index is 14.1. The minimum atomic E-state index is -0.155. The van der Waals surface area contributed by atoms with E-state index in [-0.39, 0.29) is 5.82 Å². The number of hydrogen-bond acceptors (Lipinski definition) is 1. The minimum absolute atomic E-state index is 0.155. The highest BCUT2D eigenvalue weighted by Crippen LogP contribution is 2.28. The molecule has 0 aromatic heterocycles. The lowest BCUT2D eigenvalue weighted by atomic mass is 9.96. The van der Waals surface area contributed by atoms with Gasteiger partial charge in [-0.3, -0.25) is 0 Å². The highest BCUT2D eigenvalue weighted by Gasteiger charge is 2.09. The number of rotatable bonds is 5. The van der Waals surface area contributed by atoms with Crippen LogP contribution in [0.4, 0.5) is 4.39 Å². The third-order valence-corrected chi connectivity index (χ3v) is 3.47. The monoisotopic (exact) mass is 271 g/mol. The van der Waals surface area contributed by atoms with E-state index in [0.29, 0.717) is 5.56 Å². The standard InChI is InChI=1S/C18H22FN/c1-4-9-20-12-15-7-6-14(3)16(11-15)17-10-13(2)5-8-18(17)19/h5-8,10-11,20H,4,9,12H2,1-3H3. The highest BCUT2D eigenvalue weighted by atomic mass is 19.1. The van der Waals surface area contributed by atoms with E-state index >= 15 is 0 Å². The molecular formula is C18H22FN. The van der Waals surface area contributed by atoms with Crippen LogP contribution in [-0.4, -0.2) is 6.54 Å². The Morgan fingerprint density at radius 2 is 1.80 bits per heavy atom. The van der Waals surface area contributed by atoms with Crippen molar-refractivity contribution in [1.82, 2.24) is 5.32 Å².